The van der Waals surface area contributed by atoms with Crippen molar-refractivity contribution in [1.29, 1.82) is 0 Å². The van der Waals surface area contributed by atoms with Crippen LogP contribution in [0.2, 0.25) is 0 Å². The third-order valence-corrected chi connectivity index (χ3v) is 4.12. The van der Waals surface area contributed by atoms with Crippen LogP contribution in [0.25, 0.3) is 0 Å². The van der Waals surface area contributed by atoms with Gasteiger partial charge in [0.2, 0.25) is 11.8 Å². The van der Waals surface area contributed by atoms with Gasteiger partial charge in [-0.3, -0.25) is 19.3 Å². The minimum atomic E-state index is -0.894. The minimum absolute atomic E-state index is 0.00996. The third-order valence-electron chi connectivity index (χ3n) is 4.12. The van der Waals surface area contributed by atoms with E-state index in [0.717, 1.165) is 12.8 Å². The number of carbonyl (C=O) groups excluding carboxylic acids is 2. The van der Waals surface area contributed by atoms with Crippen molar-refractivity contribution in [3.05, 3.63) is 0 Å². The molecule has 2 aliphatic rings. The summed E-state index contributed by atoms with van der Waals surface area (Å²) >= 11 is 0. The molecule has 5 nitrogen and oxygen atoms in total. The molecule has 0 aromatic carbocycles. The summed E-state index contributed by atoms with van der Waals surface area (Å²) in [6, 6.07) is -0.304. The Bertz CT molecular complexity index is 368. The molecular weight excluding hydrogens is 234 g/mol. The van der Waals surface area contributed by atoms with Crippen LogP contribution in [0.3, 0.4) is 0 Å². The highest BCUT2D eigenvalue weighted by Crippen LogP contribution is 2.43. The van der Waals surface area contributed by atoms with E-state index in [9.17, 15) is 14.4 Å². The van der Waals surface area contributed by atoms with E-state index >= 15 is 0 Å². The molecule has 3 unspecified atom stereocenters. The lowest BCUT2D eigenvalue weighted by atomic mass is 10.00. The summed E-state index contributed by atoms with van der Waals surface area (Å²) in [5.41, 5.74) is 0. The minimum Gasteiger partial charge on any atom is -0.481 e. The molecule has 0 spiro atoms. The highest BCUT2D eigenvalue weighted by Gasteiger charge is 2.52. The fourth-order valence-corrected chi connectivity index (χ4v) is 3.20. The predicted octanol–water partition coefficient (Wildman–Crippen LogP) is 1.27. The second-order valence-corrected chi connectivity index (χ2v) is 5.62. The Morgan fingerprint density at radius 3 is 2.28 bits per heavy atom. The number of fused-ring (bicyclic) bond motifs is 1. The maximum atomic E-state index is 12.2. The fraction of sp³-hybridized carbons (Fsp3) is 0.769. The largest absolute Gasteiger partial charge is 0.481 e. The molecule has 2 fully saturated rings. The number of aliphatic carboxylic acids is 1. The second kappa shape index (κ2) is 4.71. The fourth-order valence-electron chi connectivity index (χ4n) is 3.20. The molecule has 0 radical (unpaired) electrons. The molecule has 2 rings (SSSR count). The van der Waals surface area contributed by atoms with Crippen molar-refractivity contribution < 1.29 is 19.5 Å². The average molecular weight is 253 g/mol. The first kappa shape index (κ1) is 13.1. The monoisotopic (exact) mass is 253 g/mol. The van der Waals surface area contributed by atoms with Crippen LogP contribution in [-0.4, -0.2) is 33.8 Å². The molecule has 5 heteroatoms. The zero-order chi connectivity index (χ0) is 13.4. The van der Waals surface area contributed by atoms with Gasteiger partial charge in [0.1, 0.15) is 0 Å². The summed E-state index contributed by atoms with van der Waals surface area (Å²) in [5.74, 6) is -0.946. The quantitative estimate of drug-likeness (QED) is 0.766. The lowest BCUT2D eigenvalue weighted by Gasteiger charge is -2.23. The van der Waals surface area contributed by atoms with Crippen molar-refractivity contribution in [3.63, 3.8) is 0 Å². The molecule has 0 bridgehead atoms. The molecule has 100 valence electrons. The molecule has 1 aliphatic heterocycles. The first-order valence-electron chi connectivity index (χ1n) is 6.50. The van der Waals surface area contributed by atoms with E-state index in [-0.39, 0.29) is 36.1 Å². The van der Waals surface area contributed by atoms with Crippen molar-refractivity contribution >= 4 is 17.8 Å². The SMILES string of the molecule is CC1CC2C(=O)N(C(C)CCC(=O)O)C(=O)C2C1. The Hall–Kier alpha value is -1.39. The van der Waals surface area contributed by atoms with Gasteiger partial charge in [0.25, 0.3) is 0 Å². The van der Waals surface area contributed by atoms with Gasteiger partial charge in [-0.05, 0) is 32.1 Å². The van der Waals surface area contributed by atoms with Crippen LogP contribution >= 0.6 is 0 Å². The summed E-state index contributed by atoms with van der Waals surface area (Å²) in [6.45, 7) is 3.82. The number of likely N-dealkylation sites (tertiary alicyclic amines) is 1. The first-order valence-corrected chi connectivity index (χ1v) is 6.50. The zero-order valence-corrected chi connectivity index (χ0v) is 10.8. The number of hydrogen-bond acceptors (Lipinski definition) is 3. The van der Waals surface area contributed by atoms with Gasteiger partial charge in [-0.15, -0.1) is 0 Å². The number of carboxylic acids is 1. The maximum absolute atomic E-state index is 12.2. The molecule has 1 N–H and O–H groups in total. The van der Waals surface area contributed by atoms with Crippen molar-refractivity contribution in [1.82, 2.24) is 4.90 Å². The highest BCUT2D eigenvalue weighted by atomic mass is 16.4. The number of carboxylic acid groups (broad SMARTS) is 1. The van der Waals surface area contributed by atoms with Gasteiger partial charge < -0.3 is 5.11 Å². The summed E-state index contributed by atoms with van der Waals surface area (Å²) in [7, 11) is 0. The Morgan fingerprint density at radius 2 is 1.83 bits per heavy atom. The van der Waals surface area contributed by atoms with E-state index in [1.165, 1.54) is 4.90 Å². The summed E-state index contributed by atoms with van der Waals surface area (Å²) in [4.78, 5) is 36.2. The second-order valence-electron chi connectivity index (χ2n) is 5.62. The van der Waals surface area contributed by atoms with Crippen LogP contribution < -0.4 is 0 Å². The van der Waals surface area contributed by atoms with Gasteiger partial charge in [-0.1, -0.05) is 6.92 Å². The lowest BCUT2D eigenvalue weighted by Crippen LogP contribution is -2.40. The normalized spacial score (nSPS) is 32.8. The molecule has 0 aromatic rings. The third kappa shape index (κ3) is 2.13. The number of hydrogen-bond donors (Lipinski definition) is 1. The molecule has 0 aromatic heterocycles. The van der Waals surface area contributed by atoms with Gasteiger partial charge in [0, 0.05) is 12.5 Å². The number of rotatable bonds is 4. The van der Waals surface area contributed by atoms with Crippen LogP contribution in [0.15, 0.2) is 0 Å². The summed E-state index contributed by atoms with van der Waals surface area (Å²) < 4.78 is 0. The van der Waals surface area contributed by atoms with Gasteiger partial charge in [-0.2, -0.15) is 0 Å². The Labute approximate surface area is 106 Å². The smallest absolute Gasteiger partial charge is 0.303 e. The molecule has 1 saturated carbocycles. The first-order chi connectivity index (χ1) is 8.41. The van der Waals surface area contributed by atoms with Crippen molar-refractivity contribution in [2.75, 3.05) is 0 Å². The van der Waals surface area contributed by atoms with E-state index < -0.39 is 5.97 Å². The molecular formula is C13H19NO4. The Morgan fingerprint density at radius 1 is 1.33 bits per heavy atom. The van der Waals surface area contributed by atoms with E-state index in [1.54, 1.807) is 6.92 Å². The standard InChI is InChI=1S/C13H19NO4/c1-7-5-9-10(6-7)13(18)14(12(9)17)8(2)3-4-11(15)16/h7-10H,3-6H2,1-2H3,(H,15,16). The van der Waals surface area contributed by atoms with Gasteiger partial charge in [-0.25, -0.2) is 0 Å². The van der Waals surface area contributed by atoms with E-state index in [4.69, 9.17) is 5.11 Å². The zero-order valence-electron chi connectivity index (χ0n) is 10.8. The maximum Gasteiger partial charge on any atom is 0.303 e. The van der Waals surface area contributed by atoms with Gasteiger partial charge in [0.15, 0.2) is 0 Å². The molecule has 3 atom stereocenters. The van der Waals surface area contributed by atoms with Crippen LogP contribution in [0.5, 0.6) is 0 Å². The van der Waals surface area contributed by atoms with E-state index in [1.807, 2.05) is 0 Å². The predicted molar refractivity (Wildman–Crippen MR) is 63.6 cm³/mol. The molecule has 1 aliphatic carbocycles. The van der Waals surface area contributed by atoms with Gasteiger partial charge in [0.05, 0.1) is 11.8 Å². The van der Waals surface area contributed by atoms with Crippen molar-refractivity contribution in [3.8, 4) is 0 Å². The number of amides is 2. The summed E-state index contributed by atoms with van der Waals surface area (Å²) in [6.07, 6.45) is 1.90. The molecule has 2 amide bonds. The van der Waals surface area contributed by atoms with Crippen molar-refractivity contribution in [2.24, 2.45) is 17.8 Å². The van der Waals surface area contributed by atoms with E-state index in [2.05, 4.69) is 6.92 Å². The Balaban J connectivity index is 2.05. The van der Waals surface area contributed by atoms with Crippen molar-refractivity contribution in [2.45, 2.75) is 45.6 Å². The Kier molecular flexibility index (Phi) is 3.41. The molecule has 1 heterocycles. The average Bonchev–Trinajstić information content (AvgIpc) is 2.76. The highest BCUT2D eigenvalue weighted by molar-refractivity contribution is 6.05. The van der Waals surface area contributed by atoms with Crippen LogP contribution in [0.1, 0.15) is 39.5 Å². The summed E-state index contributed by atoms with van der Waals surface area (Å²) in [5, 5.41) is 8.64. The van der Waals surface area contributed by atoms with Gasteiger partial charge >= 0.3 is 5.97 Å². The van der Waals surface area contributed by atoms with Crippen LogP contribution in [0.4, 0.5) is 0 Å². The van der Waals surface area contributed by atoms with Crippen LogP contribution in [0, 0.1) is 17.8 Å². The molecule has 18 heavy (non-hydrogen) atoms. The topological polar surface area (TPSA) is 74.7 Å². The van der Waals surface area contributed by atoms with Crippen LogP contribution in [-0.2, 0) is 14.4 Å². The number of imide groups is 1. The number of carbonyl (C=O) groups is 3. The van der Waals surface area contributed by atoms with E-state index in [0.29, 0.717) is 12.3 Å². The molecule has 1 saturated heterocycles. The number of nitrogens with zero attached hydrogens (tertiary/aromatic N) is 1. The lowest BCUT2D eigenvalue weighted by molar-refractivity contribution is -0.145.